The minimum Gasteiger partial charge on any atom is -0.327 e. The normalized spacial score (nSPS) is 14.1. The largest absolute Gasteiger partial charge is 0.327 e. The molecule has 1 aromatic carbocycles. The first kappa shape index (κ1) is 13.8. The Morgan fingerprint density at radius 2 is 2.11 bits per heavy atom. The topological polar surface area (TPSA) is 71.8 Å². The van der Waals surface area contributed by atoms with Gasteiger partial charge in [0.1, 0.15) is 5.82 Å². The molecular weight excluding hydrogens is 265 g/mol. The molecule has 0 aliphatic rings. The van der Waals surface area contributed by atoms with Gasteiger partial charge in [0.25, 0.3) is 5.56 Å². The van der Waals surface area contributed by atoms with Crippen molar-refractivity contribution < 1.29 is 4.39 Å². The van der Waals surface area contributed by atoms with Gasteiger partial charge in [0.2, 0.25) is 0 Å². The predicted molar refractivity (Wildman–Crippen MR) is 73.5 cm³/mol. The Morgan fingerprint density at radius 1 is 1.37 bits per heavy atom. The number of hydrogen-bond donors (Lipinski definition) is 2. The fraction of sp³-hybridized carbons (Fsp3) is 0.231. The second-order valence-electron chi connectivity index (χ2n) is 4.16. The second-order valence-corrected chi connectivity index (χ2v) is 5.29. The lowest BCUT2D eigenvalue weighted by Gasteiger charge is -2.20. The summed E-state index contributed by atoms with van der Waals surface area (Å²) in [6.45, 7) is 1.80. The van der Waals surface area contributed by atoms with Crippen LogP contribution in [0.4, 0.5) is 4.39 Å². The number of aromatic amines is 1. The standard InChI is InChI=1S/C13H14FN3OS/c1-8(15)12(9-4-2-3-5-10(9)14)19-13-16-7-6-11(18)17-13/h2-8,12H,15H2,1H3,(H,16,17,18). The first-order valence-corrected chi connectivity index (χ1v) is 6.68. The minimum atomic E-state index is -0.313. The molecule has 19 heavy (non-hydrogen) atoms. The lowest BCUT2D eigenvalue weighted by Crippen LogP contribution is -2.24. The average Bonchev–Trinajstić information content (AvgIpc) is 2.37. The molecule has 0 bridgehead atoms. The van der Waals surface area contributed by atoms with Crippen LogP contribution in [0.1, 0.15) is 17.7 Å². The number of hydrogen-bond acceptors (Lipinski definition) is 4. The molecule has 2 unspecified atom stereocenters. The van der Waals surface area contributed by atoms with Crippen LogP contribution in [-0.2, 0) is 0 Å². The lowest BCUT2D eigenvalue weighted by atomic mass is 10.1. The SMILES string of the molecule is CC(N)C(Sc1nccc(=O)[nH]1)c1ccccc1F. The van der Waals surface area contributed by atoms with Gasteiger partial charge < -0.3 is 10.7 Å². The zero-order chi connectivity index (χ0) is 13.8. The first-order chi connectivity index (χ1) is 9.08. The van der Waals surface area contributed by atoms with Gasteiger partial charge in [-0.25, -0.2) is 9.37 Å². The molecule has 2 aromatic rings. The van der Waals surface area contributed by atoms with Gasteiger partial charge >= 0.3 is 0 Å². The van der Waals surface area contributed by atoms with Gasteiger partial charge in [-0.3, -0.25) is 4.79 Å². The van der Waals surface area contributed by atoms with Crippen LogP contribution in [0.2, 0.25) is 0 Å². The van der Waals surface area contributed by atoms with Crippen LogP contribution in [-0.4, -0.2) is 16.0 Å². The lowest BCUT2D eigenvalue weighted by molar-refractivity contribution is 0.591. The van der Waals surface area contributed by atoms with Crippen molar-refractivity contribution in [1.82, 2.24) is 9.97 Å². The van der Waals surface area contributed by atoms with Crippen LogP contribution in [0, 0.1) is 5.82 Å². The number of nitrogens with zero attached hydrogens (tertiary/aromatic N) is 1. The first-order valence-electron chi connectivity index (χ1n) is 5.80. The molecule has 100 valence electrons. The van der Waals surface area contributed by atoms with Crippen molar-refractivity contribution >= 4 is 11.8 Å². The van der Waals surface area contributed by atoms with E-state index in [0.717, 1.165) is 0 Å². The van der Waals surface area contributed by atoms with Gasteiger partial charge in [0, 0.05) is 23.9 Å². The highest BCUT2D eigenvalue weighted by Gasteiger charge is 2.21. The van der Waals surface area contributed by atoms with Gasteiger partial charge in [-0.1, -0.05) is 30.0 Å². The molecule has 6 heteroatoms. The summed E-state index contributed by atoms with van der Waals surface area (Å²) >= 11 is 1.25. The van der Waals surface area contributed by atoms with Crippen LogP contribution in [0.25, 0.3) is 0 Å². The van der Waals surface area contributed by atoms with Crippen molar-refractivity contribution in [2.75, 3.05) is 0 Å². The van der Waals surface area contributed by atoms with E-state index < -0.39 is 0 Å². The van der Waals surface area contributed by atoms with Crippen molar-refractivity contribution in [2.24, 2.45) is 5.73 Å². The molecule has 0 aliphatic carbocycles. The molecule has 0 amide bonds. The Balaban J connectivity index is 2.32. The molecule has 0 spiro atoms. The molecular formula is C13H14FN3OS. The number of aromatic nitrogens is 2. The maximum Gasteiger partial charge on any atom is 0.251 e. The van der Waals surface area contributed by atoms with Crippen LogP contribution < -0.4 is 11.3 Å². The molecule has 0 aliphatic heterocycles. The maximum absolute atomic E-state index is 13.8. The molecule has 0 radical (unpaired) electrons. The summed E-state index contributed by atoms with van der Waals surface area (Å²) in [4.78, 5) is 17.9. The predicted octanol–water partition coefficient (Wildman–Crippen LogP) is 2.09. The number of rotatable bonds is 4. The fourth-order valence-electron chi connectivity index (χ4n) is 1.69. The number of thioether (sulfide) groups is 1. The molecule has 0 fully saturated rings. The van der Waals surface area contributed by atoms with Gasteiger partial charge in [-0.2, -0.15) is 0 Å². The van der Waals surface area contributed by atoms with E-state index in [1.807, 2.05) is 0 Å². The van der Waals surface area contributed by atoms with E-state index >= 15 is 0 Å². The summed E-state index contributed by atoms with van der Waals surface area (Å²) in [6, 6.07) is 7.52. The Hall–Kier alpha value is -1.66. The van der Waals surface area contributed by atoms with E-state index in [1.165, 1.54) is 30.1 Å². The van der Waals surface area contributed by atoms with Crippen LogP contribution >= 0.6 is 11.8 Å². The molecule has 0 saturated carbocycles. The molecule has 2 rings (SSSR count). The van der Waals surface area contributed by atoms with Crippen molar-refractivity contribution in [3.8, 4) is 0 Å². The molecule has 4 nitrogen and oxygen atoms in total. The Bertz CT molecular complexity index is 615. The van der Waals surface area contributed by atoms with Gasteiger partial charge in [0.15, 0.2) is 5.16 Å². The van der Waals surface area contributed by atoms with E-state index in [2.05, 4.69) is 9.97 Å². The molecule has 1 aromatic heterocycles. The summed E-state index contributed by atoms with van der Waals surface area (Å²) in [5.74, 6) is -0.310. The summed E-state index contributed by atoms with van der Waals surface area (Å²) < 4.78 is 13.8. The third kappa shape index (κ3) is 3.42. The third-order valence-electron chi connectivity index (χ3n) is 2.58. The zero-order valence-corrected chi connectivity index (χ0v) is 11.2. The van der Waals surface area contributed by atoms with Crippen molar-refractivity contribution in [2.45, 2.75) is 23.4 Å². The highest BCUT2D eigenvalue weighted by atomic mass is 32.2. The smallest absolute Gasteiger partial charge is 0.251 e. The summed E-state index contributed by atoms with van der Waals surface area (Å²) in [7, 11) is 0. The number of benzene rings is 1. The van der Waals surface area contributed by atoms with Crippen molar-refractivity contribution in [3.05, 3.63) is 58.3 Å². The number of H-pyrrole nitrogens is 1. The highest BCUT2D eigenvalue weighted by molar-refractivity contribution is 7.99. The van der Waals surface area contributed by atoms with E-state index in [9.17, 15) is 9.18 Å². The van der Waals surface area contributed by atoms with Gasteiger partial charge in [0.05, 0.1) is 5.25 Å². The average molecular weight is 279 g/mol. The van der Waals surface area contributed by atoms with Gasteiger partial charge in [-0.15, -0.1) is 0 Å². The van der Waals surface area contributed by atoms with E-state index in [0.29, 0.717) is 10.7 Å². The van der Waals surface area contributed by atoms with E-state index in [4.69, 9.17) is 5.73 Å². The molecule has 2 atom stereocenters. The quantitative estimate of drug-likeness (QED) is 0.664. The molecule has 0 saturated heterocycles. The maximum atomic E-state index is 13.8. The Kier molecular flexibility index (Phi) is 4.34. The summed E-state index contributed by atoms with van der Waals surface area (Å²) in [5, 5.41) is 0.116. The van der Waals surface area contributed by atoms with Crippen LogP contribution in [0.3, 0.4) is 0 Å². The van der Waals surface area contributed by atoms with Crippen LogP contribution in [0.15, 0.2) is 46.5 Å². The summed E-state index contributed by atoms with van der Waals surface area (Å²) in [5.41, 5.74) is 6.18. The molecule has 3 N–H and O–H groups in total. The minimum absolute atomic E-state index is 0.241. The van der Waals surface area contributed by atoms with Crippen molar-refractivity contribution in [1.29, 1.82) is 0 Å². The second kappa shape index (κ2) is 5.99. The monoisotopic (exact) mass is 279 g/mol. The van der Waals surface area contributed by atoms with Crippen molar-refractivity contribution in [3.63, 3.8) is 0 Å². The number of nitrogens with two attached hydrogens (primary N) is 1. The summed E-state index contributed by atoms with van der Waals surface area (Å²) in [6.07, 6.45) is 1.42. The molecule has 1 heterocycles. The van der Waals surface area contributed by atoms with Crippen LogP contribution in [0.5, 0.6) is 0 Å². The number of nitrogens with one attached hydrogen (secondary N) is 1. The van der Waals surface area contributed by atoms with Gasteiger partial charge in [-0.05, 0) is 13.0 Å². The number of halogens is 1. The Morgan fingerprint density at radius 3 is 2.74 bits per heavy atom. The zero-order valence-electron chi connectivity index (χ0n) is 10.3. The Labute approximate surface area is 114 Å². The third-order valence-corrected chi connectivity index (χ3v) is 3.94. The van der Waals surface area contributed by atoms with E-state index in [1.54, 1.807) is 25.1 Å². The van der Waals surface area contributed by atoms with E-state index in [-0.39, 0.29) is 22.7 Å². The highest BCUT2D eigenvalue weighted by Crippen LogP contribution is 2.36. The fourth-order valence-corrected chi connectivity index (χ4v) is 2.75.